The molecule has 0 spiro atoms. The van der Waals surface area contributed by atoms with Crippen molar-refractivity contribution in [1.82, 2.24) is 4.31 Å². The molecule has 0 radical (unpaired) electrons. The Morgan fingerprint density at radius 2 is 1.38 bits per heavy atom. The zero-order chi connectivity index (χ0) is 18.4. The summed E-state index contributed by atoms with van der Waals surface area (Å²) in [5, 5.41) is 0. The Morgan fingerprint density at radius 1 is 0.808 bits per heavy atom. The molecule has 0 saturated heterocycles. The quantitative estimate of drug-likeness (QED) is 0.468. The summed E-state index contributed by atoms with van der Waals surface area (Å²) in [6.45, 7) is 4.32. The van der Waals surface area contributed by atoms with Crippen LogP contribution in [0.5, 0.6) is 5.75 Å². The number of benzene rings is 3. The Hall–Kier alpha value is -2.23. The van der Waals surface area contributed by atoms with Gasteiger partial charge in [-0.05, 0) is 62.7 Å². The van der Waals surface area contributed by atoms with E-state index in [-0.39, 0.29) is 12.1 Å². The zero-order valence-electron chi connectivity index (χ0n) is 15.5. The maximum Gasteiger partial charge on any atom is 0.140 e. The summed E-state index contributed by atoms with van der Waals surface area (Å²) in [7, 11) is 2.12. The molecular formula is C23H25NOS. The first-order valence-corrected chi connectivity index (χ1v) is 9.65. The summed E-state index contributed by atoms with van der Waals surface area (Å²) in [4.78, 5) is 1.23. The molecule has 3 rings (SSSR count). The highest BCUT2D eigenvalue weighted by atomic mass is 32.2. The molecule has 0 aliphatic carbocycles. The highest BCUT2D eigenvalue weighted by Crippen LogP contribution is 2.32. The minimum absolute atomic E-state index is 0.0541. The number of ether oxygens (including phenoxy) is 1. The van der Waals surface area contributed by atoms with E-state index in [4.69, 9.17) is 4.74 Å². The van der Waals surface area contributed by atoms with Gasteiger partial charge in [-0.1, -0.05) is 66.2 Å². The van der Waals surface area contributed by atoms with Gasteiger partial charge in [-0.25, -0.2) is 4.31 Å². The predicted octanol–water partition coefficient (Wildman–Crippen LogP) is 6.14. The van der Waals surface area contributed by atoms with Gasteiger partial charge < -0.3 is 4.74 Å². The molecule has 2 nitrogen and oxygen atoms in total. The molecular weight excluding hydrogens is 338 g/mol. The molecule has 3 aromatic carbocycles. The summed E-state index contributed by atoms with van der Waals surface area (Å²) in [5.74, 6) is 0.891. The average molecular weight is 364 g/mol. The van der Waals surface area contributed by atoms with Crippen LogP contribution < -0.4 is 4.74 Å². The zero-order valence-corrected chi connectivity index (χ0v) is 16.3. The fourth-order valence-corrected chi connectivity index (χ4v) is 3.64. The summed E-state index contributed by atoms with van der Waals surface area (Å²) >= 11 is 1.75. The van der Waals surface area contributed by atoms with E-state index in [9.17, 15) is 0 Å². The van der Waals surface area contributed by atoms with Gasteiger partial charge in [-0.2, -0.15) is 0 Å². The number of hydrogen-bond donors (Lipinski definition) is 0. The number of aryl methyl sites for hydroxylation is 1. The van der Waals surface area contributed by atoms with Crippen molar-refractivity contribution in [1.29, 1.82) is 0 Å². The van der Waals surface area contributed by atoms with Crippen molar-refractivity contribution in [3.8, 4) is 5.75 Å². The van der Waals surface area contributed by atoms with Gasteiger partial charge in [0.25, 0.3) is 0 Å². The lowest BCUT2D eigenvalue weighted by Gasteiger charge is -2.31. The van der Waals surface area contributed by atoms with Crippen molar-refractivity contribution in [2.24, 2.45) is 0 Å². The Balaban J connectivity index is 1.79. The molecule has 3 heteroatoms. The standard InChI is InChI=1S/C23H25NOS/c1-18-14-16-22(17-15-18)26-24(3)19(2)23(20-10-6-4-7-11-20)25-21-12-8-5-9-13-21/h4-17,19,23H,1-3H3. The Kier molecular flexibility index (Phi) is 6.37. The molecule has 134 valence electrons. The second-order valence-corrected chi connectivity index (χ2v) is 7.68. The van der Waals surface area contributed by atoms with E-state index < -0.39 is 0 Å². The van der Waals surface area contributed by atoms with E-state index in [0.29, 0.717) is 0 Å². The van der Waals surface area contributed by atoms with Gasteiger partial charge in [0.2, 0.25) is 0 Å². The summed E-state index contributed by atoms with van der Waals surface area (Å²) in [5.41, 5.74) is 2.46. The third-order valence-electron chi connectivity index (χ3n) is 4.42. The van der Waals surface area contributed by atoms with Crippen molar-refractivity contribution in [3.05, 3.63) is 96.1 Å². The molecule has 0 saturated carbocycles. The van der Waals surface area contributed by atoms with Crippen LogP contribution in [0.15, 0.2) is 89.8 Å². The van der Waals surface area contributed by atoms with Crippen LogP contribution in [0.1, 0.15) is 24.2 Å². The van der Waals surface area contributed by atoms with E-state index in [0.717, 1.165) is 5.75 Å². The maximum atomic E-state index is 6.39. The van der Waals surface area contributed by atoms with Gasteiger partial charge in [-0.15, -0.1) is 0 Å². The normalized spacial score (nSPS) is 13.4. The van der Waals surface area contributed by atoms with E-state index >= 15 is 0 Å². The monoisotopic (exact) mass is 363 g/mol. The third-order valence-corrected chi connectivity index (χ3v) is 5.52. The molecule has 2 atom stereocenters. The van der Waals surface area contributed by atoms with Gasteiger partial charge >= 0.3 is 0 Å². The van der Waals surface area contributed by atoms with Crippen LogP contribution >= 0.6 is 11.9 Å². The van der Waals surface area contributed by atoms with Gasteiger partial charge in [0.1, 0.15) is 11.9 Å². The van der Waals surface area contributed by atoms with Crippen LogP contribution in [0.4, 0.5) is 0 Å². The molecule has 2 unspecified atom stereocenters. The maximum absolute atomic E-state index is 6.39. The first kappa shape index (κ1) is 18.6. The van der Waals surface area contributed by atoms with Crippen molar-refractivity contribution in [2.45, 2.75) is 30.9 Å². The highest BCUT2D eigenvalue weighted by Gasteiger charge is 2.25. The topological polar surface area (TPSA) is 12.5 Å². The molecule has 0 aromatic heterocycles. The van der Waals surface area contributed by atoms with Crippen LogP contribution in [0, 0.1) is 6.92 Å². The van der Waals surface area contributed by atoms with E-state index in [1.54, 1.807) is 11.9 Å². The smallest absolute Gasteiger partial charge is 0.140 e. The number of rotatable bonds is 7. The molecule has 0 heterocycles. The van der Waals surface area contributed by atoms with Crippen molar-refractivity contribution in [2.75, 3.05) is 7.05 Å². The summed E-state index contributed by atoms with van der Waals surface area (Å²) in [6.07, 6.45) is -0.0541. The lowest BCUT2D eigenvalue weighted by Crippen LogP contribution is -2.32. The molecule has 3 aromatic rings. The average Bonchev–Trinajstić information content (AvgIpc) is 2.69. The van der Waals surface area contributed by atoms with Gasteiger partial charge in [0, 0.05) is 4.90 Å². The largest absolute Gasteiger partial charge is 0.484 e. The Bertz CT molecular complexity index is 789. The van der Waals surface area contributed by atoms with Crippen molar-refractivity contribution < 1.29 is 4.74 Å². The minimum atomic E-state index is -0.0541. The van der Waals surface area contributed by atoms with Gasteiger partial charge in [-0.3, -0.25) is 0 Å². The number of para-hydroxylation sites is 1. The van der Waals surface area contributed by atoms with E-state index in [1.807, 2.05) is 36.4 Å². The first-order valence-electron chi connectivity index (χ1n) is 8.87. The Morgan fingerprint density at radius 3 is 2.00 bits per heavy atom. The second-order valence-electron chi connectivity index (χ2n) is 6.45. The van der Waals surface area contributed by atoms with Crippen LogP contribution in [0.25, 0.3) is 0 Å². The van der Waals surface area contributed by atoms with E-state index in [1.165, 1.54) is 16.0 Å². The van der Waals surface area contributed by atoms with E-state index in [2.05, 4.69) is 73.7 Å². The molecule has 0 fully saturated rings. The highest BCUT2D eigenvalue weighted by molar-refractivity contribution is 7.97. The lowest BCUT2D eigenvalue weighted by atomic mass is 10.0. The molecule has 0 N–H and O–H groups in total. The van der Waals surface area contributed by atoms with Crippen LogP contribution in [0.3, 0.4) is 0 Å². The third kappa shape index (κ3) is 4.90. The van der Waals surface area contributed by atoms with Crippen LogP contribution in [0.2, 0.25) is 0 Å². The second kappa shape index (κ2) is 8.93. The minimum Gasteiger partial charge on any atom is -0.484 e. The molecule has 26 heavy (non-hydrogen) atoms. The summed E-state index contributed by atoms with van der Waals surface area (Å²) in [6, 6.07) is 29.3. The molecule has 0 bridgehead atoms. The lowest BCUT2D eigenvalue weighted by molar-refractivity contribution is 0.136. The molecule has 0 amide bonds. The van der Waals surface area contributed by atoms with Crippen molar-refractivity contribution >= 4 is 11.9 Å². The predicted molar refractivity (Wildman–Crippen MR) is 111 cm³/mol. The molecule has 0 aliphatic heterocycles. The van der Waals surface area contributed by atoms with Crippen LogP contribution in [-0.4, -0.2) is 17.4 Å². The molecule has 0 aliphatic rings. The fraction of sp³-hybridized carbons (Fsp3) is 0.217. The van der Waals surface area contributed by atoms with Crippen molar-refractivity contribution in [3.63, 3.8) is 0 Å². The number of hydrogen-bond acceptors (Lipinski definition) is 3. The SMILES string of the molecule is Cc1ccc(SN(C)C(C)C(Oc2ccccc2)c2ccccc2)cc1. The van der Waals surface area contributed by atoms with Gasteiger partial charge in [0.15, 0.2) is 0 Å². The van der Waals surface area contributed by atoms with Crippen LogP contribution in [-0.2, 0) is 0 Å². The van der Waals surface area contributed by atoms with Gasteiger partial charge in [0.05, 0.1) is 6.04 Å². The summed E-state index contributed by atoms with van der Waals surface area (Å²) < 4.78 is 8.65. The first-order chi connectivity index (χ1) is 12.6. The fourth-order valence-electron chi connectivity index (χ4n) is 2.77. The number of likely N-dealkylation sites (N-methyl/N-ethyl adjacent to an activating group) is 1. The Labute approximate surface area is 161 Å². The number of nitrogens with zero attached hydrogens (tertiary/aromatic N) is 1.